The van der Waals surface area contributed by atoms with Crippen molar-refractivity contribution in [3.63, 3.8) is 0 Å². The first-order chi connectivity index (χ1) is 5.34. The van der Waals surface area contributed by atoms with Gasteiger partial charge in [0.2, 0.25) is 0 Å². The molecule has 0 spiro atoms. The van der Waals surface area contributed by atoms with E-state index in [1.165, 1.54) is 12.8 Å². The Balaban J connectivity index is 1.70. The molecule has 1 aliphatic heterocycles. The van der Waals surface area contributed by atoms with Gasteiger partial charge in [0, 0.05) is 12.1 Å². The lowest BCUT2D eigenvalue weighted by molar-refractivity contribution is -0.00969. The average Bonchev–Trinajstić information content (AvgIpc) is 2.27. The highest BCUT2D eigenvalue weighted by molar-refractivity contribution is 4.86. The quantitative estimate of drug-likeness (QED) is 0.584. The smallest absolute Gasteiger partial charge is 0.0643 e. The van der Waals surface area contributed by atoms with E-state index in [0.717, 1.165) is 19.6 Å². The molecule has 1 heterocycles. The van der Waals surface area contributed by atoms with Crippen molar-refractivity contribution in [3.8, 4) is 0 Å². The van der Waals surface area contributed by atoms with Crippen LogP contribution in [0.1, 0.15) is 19.3 Å². The summed E-state index contributed by atoms with van der Waals surface area (Å²) in [6.07, 6.45) is 3.58. The minimum atomic E-state index is 0.438. The first-order valence-electron chi connectivity index (χ1n) is 4.44. The molecule has 1 saturated carbocycles. The second kappa shape index (κ2) is 3.09. The van der Waals surface area contributed by atoms with E-state index in [0.29, 0.717) is 18.1 Å². The molecule has 0 radical (unpaired) electrons. The van der Waals surface area contributed by atoms with Crippen molar-refractivity contribution >= 4 is 0 Å². The SMILES string of the molecule is NC1CCC(NC2COC2)C1. The van der Waals surface area contributed by atoms with E-state index in [1.54, 1.807) is 0 Å². The van der Waals surface area contributed by atoms with Crippen molar-refractivity contribution in [2.75, 3.05) is 13.2 Å². The molecule has 3 nitrogen and oxygen atoms in total. The molecule has 0 amide bonds. The molecular weight excluding hydrogens is 140 g/mol. The first-order valence-corrected chi connectivity index (χ1v) is 4.44. The molecule has 1 aliphatic carbocycles. The van der Waals surface area contributed by atoms with E-state index >= 15 is 0 Å². The van der Waals surface area contributed by atoms with Crippen LogP contribution in [-0.2, 0) is 4.74 Å². The molecule has 0 aromatic rings. The summed E-state index contributed by atoms with van der Waals surface area (Å²) in [7, 11) is 0. The number of nitrogens with one attached hydrogen (secondary N) is 1. The van der Waals surface area contributed by atoms with Crippen molar-refractivity contribution in [2.24, 2.45) is 5.73 Å². The summed E-state index contributed by atoms with van der Waals surface area (Å²) in [6, 6.07) is 1.72. The number of nitrogens with two attached hydrogens (primary N) is 1. The van der Waals surface area contributed by atoms with Crippen LogP contribution in [0.4, 0.5) is 0 Å². The molecule has 3 heteroatoms. The first kappa shape index (κ1) is 7.53. The molecule has 2 atom stereocenters. The lowest BCUT2D eigenvalue weighted by Gasteiger charge is -2.30. The van der Waals surface area contributed by atoms with Crippen LogP contribution in [0.2, 0.25) is 0 Å². The molecule has 0 aromatic heterocycles. The Morgan fingerprint density at radius 2 is 2.00 bits per heavy atom. The van der Waals surface area contributed by atoms with Gasteiger partial charge in [-0.2, -0.15) is 0 Å². The Bertz CT molecular complexity index is 136. The topological polar surface area (TPSA) is 47.3 Å². The van der Waals surface area contributed by atoms with Crippen LogP contribution >= 0.6 is 0 Å². The molecule has 2 unspecified atom stereocenters. The van der Waals surface area contributed by atoms with Crippen molar-refractivity contribution in [3.05, 3.63) is 0 Å². The fourth-order valence-electron chi connectivity index (χ4n) is 1.83. The Labute approximate surface area is 67.3 Å². The van der Waals surface area contributed by atoms with Crippen LogP contribution in [0.25, 0.3) is 0 Å². The number of ether oxygens (including phenoxy) is 1. The van der Waals surface area contributed by atoms with E-state index in [9.17, 15) is 0 Å². The van der Waals surface area contributed by atoms with Gasteiger partial charge in [-0.15, -0.1) is 0 Å². The predicted octanol–water partition coefficient (Wildman–Crippen LogP) is -0.145. The molecule has 2 rings (SSSR count). The van der Waals surface area contributed by atoms with Gasteiger partial charge in [0.25, 0.3) is 0 Å². The van der Waals surface area contributed by atoms with Crippen LogP contribution in [-0.4, -0.2) is 31.3 Å². The Morgan fingerprint density at radius 3 is 2.45 bits per heavy atom. The Hall–Kier alpha value is -0.120. The Morgan fingerprint density at radius 1 is 1.18 bits per heavy atom. The summed E-state index contributed by atoms with van der Waals surface area (Å²) >= 11 is 0. The maximum atomic E-state index is 5.79. The number of hydrogen-bond acceptors (Lipinski definition) is 3. The molecule has 11 heavy (non-hydrogen) atoms. The zero-order valence-electron chi connectivity index (χ0n) is 6.75. The van der Waals surface area contributed by atoms with E-state index in [2.05, 4.69) is 5.32 Å². The van der Waals surface area contributed by atoms with E-state index in [-0.39, 0.29) is 0 Å². The molecule has 0 aromatic carbocycles. The summed E-state index contributed by atoms with van der Waals surface area (Å²) in [4.78, 5) is 0. The standard InChI is InChI=1S/C8H16N2O/c9-6-1-2-7(3-6)10-8-4-11-5-8/h6-8,10H,1-5,9H2. The largest absolute Gasteiger partial charge is 0.378 e. The van der Waals surface area contributed by atoms with Gasteiger partial charge in [0.1, 0.15) is 0 Å². The zero-order chi connectivity index (χ0) is 7.68. The van der Waals surface area contributed by atoms with Gasteiger partial charge in [0.15, 0.2) is 0 Å². The highest BCUT2D eigenvalue weighted by Crippen LogP contribution is 2.18. The van der Waals surface area contributed by atoms with Crippen LogP contribution in [0, 0.1) is 0 Å². The predicted molar refractivity (Wildman–Crippen MR) is 43.4 cm³/mol. The summed E-state index contributed by atoms with van der Waals surface area (Å²) in [5, 5.41) is 3.54. The average molecular weight is 156 g/mol. The van der Waals surface area contributed by atoms with Crippen molar-refractivity contribution < 1.29 is 4.74 Å². The second-order valence-corrected chi connectivity index (χ2v) is 3.67. The van der Waals surface area contributed by atoms with Gasteiger partial charge in [-0.3, -0.25) is 0 Å². The van der Waals surface area contributed by atoms with Gasteiger partial charge in [-0.1, -0.05) is 0 Å². The van der Waals surface area contributed by atoms with Gasteiger partial charge in [0.05, 0.1) is 19.3 Å². The molecule has 0 bridgehead atoms. The molecule has 3 N–H and O–H groups in total. The molecule has 64 valence electrons. The lowest BCUT2D eigenvalue weighted by atomic mass is 10.2. The normalized spacial score (nSPS) is 39.0. The van der Waals surface area contributed by atoms with E-state index in [1.807, 2.05) is 0 Å². The molecule has 1 saturated heterocycles. The maximum absolute atomic E-state index is 5.79. The van der Waals surface area contributed by atoms with Crippen molar-refractivity contribution in [1.29, 1.82) is 0 Å². The van der Waals surface area contributed by atoms with Gasteiger partial charge >= 0.3 is 0 Å². The zero-order valence-corrected chi connectivity index (χ0v) is 6.75. The van der Waals surface area contributed by atoms with Crippen molar-refractivity contribution in [1.82, 2.24) is 5.32 Å². The van der Waals surface area contributed by atoms with Gasteiger partial charge in [-0.05, 0) is 19.3 Å². The van der Waals surface area contributed by atoms with Gasteiger partial charge in [-0.25, -0.2) is 0 Å². The minimum Gasteiger partial charge on any atom is -0.378 e. The van der Waals surface area contributed by atoms with Crippen LogP contribution in [0.3, 0.4) is 0 Å². The monoisotopic (exact) mass is 156 g/mol. The Kier molecular flexibility index (Phi) is 2.11. The summed E-state index contributed by atoms with van der Waals surface area (Å²) in [6.45, 7) is 1.79. The summed E-state index contributed by atoms with van der Waals surface area (Å²) < 4.78 is 5.08. The van der Waals surface area contributed by atoms with Crippen LogP contribution < -0.4 is 11.1 Å². The fraction of sp³-hybridized carbons (Fsp3) is 1.00. The van der Waals surface area contributed by atoms with E-state index in [4.69, 9.17) is 10.5 Å². The minimum absolute atomic E-state index is 0.438. The lowest BCUT2D eigenvalue weighted by Crippen LogP contribution is -2.49. The highest BCUT2D eigenvalue weighted by atomic mass is 16.5. The molecule has 2 aliphatic rings. The van der Waals surface area contributed by atoms with Crippen LogP contribution in [0.5, 0.6) is 0 Å². The summed E-state index contributed by atoms with van der Waals surface area (Å²) in [5.41, 5.74) is 5.79. The third-order valence-electron chi connectivity index (χ3n) is 2.58. The van der Waals surface area contributed by atoms with Gasteiger partial charge < -0.3 is 15.8 Å². The third-order valence-corrected chi connectivity index (χ3v) is 2.58. The highest BCUT2D eigenvalue weighted by Gasteiger charge is 2.26. The van der Waals surface area contributed by atoms with E-state index < -0.39 is 0 Å². The number of rotatable bonds is 2. The van der Waals surface area contributed by atoms with Crippen molar-refractivity contribution in [2.45, 2.75) is 37.4 Å². The summed E-state index contributed by atoms with van der Waals surface area (Å²) in [5.74, 6) is 0. The fourth-order valence-corrected chi connectivity index (χ4v) is 1.83. The van der Waals surface area contributed by atoms with Crippen LogP contribution in [0.15, 0.2) is 0 Å². The second-order valence-electron chi connectivity index (χ2n) is 3.67. The number of hydrogen-bond donors (Lipinski definition) is 2. The third kappa shape index (κ3) is 1.72. The molecule has 2 fully saturated rings. The molecular formula is C8H16N2O. The maximum Gasteiger partial charge on any atom is 0.0643 e.